The van der Waals surface area contributed by atoms with Crippen molar-refractivity contribution in [1.29, 1.82) is 5.26 Å². The predicted molar refractivity (Wildman–Crippen MR) is 134 cm³/mol. The van der Waals surface area contributed by atoms with Crippen LogP contribution in [0.4, 0.5) is 0 Å². The van der Waals surface area contributed by atoms with Crippen molar-refractivity contribution >= 4 is 17.7 Å². The number of carbonyl (C=O) groups is 3. The summed E-state index contributed by atoms with van der Waals surface area (Å²) in [6.45, 7) is 8.46. The molecule has 0 aromatic heterocycles. The Morgan fingerprint density at radius 2 is 1.81 bits per heavy atom. The Morgan fingerprint density at radius 1 is 1.14 bits per heavy atom. The molecule has 0 saturated heterocycles. The number of ketones is 1. The Kier molecular flexibility index (Phi) is 5.06. The van der Waals surface area contributed by atoms with Crippen molar-refractivity contribution in [2.24, 2.45) is 38.9 Å². The van der Waals surface area contributed by atoms with Crippen molar-refractivity contribution in [1.82, 2.24) is 4.90 Å². The number of hydrogen-bond acceptors (Lipinski definition) is 4. The first-order valence-electron chi connectivity index (χ1n) is 13.1. The molecule has 0 bridgehead atoms. The molecule has 3 saturated carbocycles. The summed E-state index contributed by atoms with van der Waals surface area (Å²) < 4.78 is 0. The van der Waals surface area contributed by atoms with Crippen LogP contribution in [0.5, 0.6) is 0 Å². The molecule has 0 spiro atoms. The van der Waals surface area contributed by atoms with Gasteiger partial charge in [0.25, 0.3) is 5.91 Å². The molecule has 7 atom stereocenters. The Morgan fingerprint density at radius 3 is 2.42 bits per heavy atom. The average Bonchev–Trinajstić information content (AvgIpc) is 2.81. The number of likely N-dealkylation sites (N-methyl/N-ethyl adjacent to an activating group) is 1. The van der Waals surface area contributed by atoms with Crippen LogP contribution in [0.2, 0.25) is 0 Å². The third-order valence-electron chi connectivity index (χ3n) is 11.3. The molecule has 1 unspecified atom stereocenters. The number of carboxylic acids is 1. The van der Waals surface area contributed by atoms with Gasteiger partial charge >= 0.3 is 5.97 Å². The van der Waals surface area contributed by atoms with Crippen LogP contribution < -0.4 is 0 Å². The molecule has 0 radical (unpaired) electrons. The second kappa shape index (κ2) is 7.34. The number of aliphatic carboxylic acids is 1. The highest BCUT2D eigenvalue weighted by molar-refractivity contribution is 6.00. The predicted octanol–water partition coefficient (Wildman–Crippen LogP) is 4.52. The minimum atomic E-state index is -0.900. The van der Waals surface area contributed by atoms with Crippen LogP contribution in [0.3, 0.4) is 0 Å². The normalized spacial score (nSPS) is 45.0. The van der Waals surface area contributed by atoms with Crippen molar-refractivity contribution < 1.29 is 19.5 Å². The summed E-state index contributed by atoms with van der Waals surface area (Å²) in [5.74, 6) is 1.30. The lowest BCUT2D eigenvalue weighted by atomic mass is 9.35. The maximum absolute atomic E-state index is 14.2. The lowest BCUT2D eigenvalue weighted by Gasteiger charge is -2.67. The molecule has 6 heteroatoms. The summed E-state index contributed by atoms with van der Waals surface area (Å²) in [6.07, 6.45) is 14.3. The summed E-state index contributed by atoms with van der Waals surface area (Å²) in [5, 5.41) is 20.2. The average molecular weight is 489 g/mol. The van der Waals surface area contributed by atoms with Crippen LogP contribution in [0.15, 0.2) is 23.3 Å². The van der Waals surface area contributed by atoms with Gasteiger partial charge in [-0.2, -0.15) is 5.26 Å². The zero-order valence-corrected chi connectivity index (χ0v) is 22.0. The van der Waals surface area contributed by atoms with Crippen molar-refractivity contribution in [3.63, 3.8) is 0 Å². The van der Waals surface area contributed by atoms with Gasteiger partial charge < -0.3 is 10.0 Å². The maximum Gasteiger partial charge on any atom is 0.309 e. The van der Waals surface area contributed by atoms with Gasteiger partial charge in [0.05, 0.1) is 10.8 Å². The minimum Gasteiger partial charge on any atom is -0.481 e. The Balaban J connectivity index is 1.73. The van der Waals surface area contributed by atoms with E-state index >= 15 is 0 Å². The molecule has 5 aliphatic rings. The topological polar surface area (TPSA) is 98.5 Å². The smallest absolute Gasteiger partial charge is 0.309 e. The lowest BCUT2D eigenvalue weighted by molar-refractivity contribution is -0.184. The molecular formula is C30H36N2O4. The second-order valence-electron chi connectivity index (χ2n) is 13.3. The van der Waals surface area contributed by atoms with E-state index in [-0.39, 0.29) is 34.6 Å². The second-order valence-corrected chi connectivity index (χ2v) is 13.3. The van der Waals surface area contributed by atoms with Gasteiger partial charge in [0.1, 0.15) is 11.6 Å². The van der Waals surface area contributed by atoms with E-state index in [0.29, 0.717) is 38.5 Å². The van der Waals surface area contributed by atoms with Crippen molar-refractivity contribution in [2.75, 3.05) is 7.05 Å². The largest absolute Gasteiger partial charge is 0.481 e. The first-order chi connectivity index (χ1) is 16.7. The lowest BCUT2D eigenvalue weighted by Crippen LogP contribution is -2.67. The van der Waals surface area contributed by atoms with Crippen LogP contribution in [-0.4, -0.2) is 40.8 Å². The molecule has 36 heavy (non-hydrogen) atoms. The molecular weight excluding hydrogens is 452 g/mol. The van der Waals surface area contributed by atoms with Crippen LogP contribution in [-0.2, 0) is 14.4 Å². The molecule has 6 nitrogen and oxygen atoms in total. The number of carbonyl (C=O) groups excluding carboxylic acids is 2. The molecule has 0 aromatic carbocycles. The standard InChI is InChI=1S/C30H36N2O4/c1-7-30-9-8-22-27(4,15-18(17-31)24(34)32(22)6)21(30)14-20(33)23-19-16-26(2,3)10-12-29(19,25(35)36)13-11-28(23,30)5/h1,14-15,19,22-23H,8-13,16H2,2-6H3,(H,35,36)/t19?,22-,23+,27-,28-,29+,30-/m1/s1. The third-order valence-corrected chi connectivity index (χ3v) is 11.3. The number of nitrogens with zero attached hydrogens (tertiary/aromatic N) is 2. The van der Waals surface area contributed by atoms with Gasteiger partial charge in [-0.15, -0.1) is 6.42 Å². The van der Waals surface area contributed by atoms with Gasteiger partial charge in [0, 0.05) is 24.4 Å². The summed E-state index contributed by atoms with van der Waals surface area (Å²) in [5.41, 5.74) is -2.14. The molecule has 1 amide bonds. The fourth-order valence-corrected chi connectivity index (χ4v) is 9.22. The Hall–Kier alpha value is -2.86. The third kappa shape index (κ3) is 2.77. The van der Waals surface area contributed by atoms with Gasteiger partial charge in [-0.25, -0.2) is 0 Å². The molecule has 4 aliphatic carbocycles. The van der Waals surface area contributed by atoms with Gasteiger partial charge in [0.15, 0.2) is 5.78 Å². The van der Waals surface area contributed by atoms with E-state index in [1.807, 2.05) is 13.0 Å². The molecule has 5 rings (SSSR count). The molecule has 1 N–H and O–H groups in total. The van der Waals surface area contributed by atoms with Crippen molar-refractivity contribution in [3.05, 3.63) is 23.3 Å². The van der Waals surface area contributed by atoms with Gasteiger partial charge in [-0.05, 0) is 79.4 Å². The monoisotopic (exact) mass is 488 g/mol. The summed E-state index contributed by atoms with van der Waals surface area (Å²) in [7, 11) is 1.72. The maximum atomic E-state index is 14.2. The molecule has 1 heterocycles. The summed E-state index contributed by atoms with van der Waals surface area (Å²) in [6, 6.07) is 1.85. The highest BCUT2D eigenvalue weighted by atomic mass is 16.4. The van der Waals surface area contributed by atoms with E-state index in [1.54, 1.807) is 24.1 Å². The fourth-order valence-electron chi connectivity index (χ4n) is 9.22. The minimum absolute atomic E-state index is 0.0419. The quantitative estimate of drug-likeness (QED) is 0.547. The summed E-state index contributed by atoms with van der Waals surface area (Å²) in [4.78, 5) is 41.4. The number of allylic oxidation sites excluding steroid dienone is 1. The van der Waals surface area contributed by atoms with E-state index in [2.05, 4.69) is 26.7 Å². The number of terminal acetylenes is 1. The van der Waals surface area contributed by atoms with Crippen LogP contribution in [0.25, 0.3) is 0 Å². The number of amides is 1. The van der Waals surface area contributed by atoms with E-state index in [1.165, 1.54) is 0 Å². The Labute approximate surface area is 213 Å². The highest BCUT2D eigenvalue weighted by Gasteiger charge is 2.71. The fraction of sp³-hybridized carbons (Fsp3) is 0.667. The molecule has 190 valence electrons. The zero-order valence-electron chi connectivity index (χ0n) is 22.0. The SMILES string of the molecule is C#C[C@@]12CC[C@H]3N(C)C(=O)C(C#N)=C[C@]3(C)C1=CC(=O)[C@@H]1C3CC(C)(C)CC[C@]3(C(=O)O)CC[C@]12C. The van der Waals surface area contributed by atoms with Gasteiger partial charge in [0.2, 0.25) is 0 Å². The van der Waals surface area contributed by atoms with E-state index < -0.39 is 33.5 Å². The van der Waals surface area contributed by atoms with E-state index in [9.17, 15) is 24.8 Å². The van der Waals surface area contributed by atoms with E-state index in [4.69, 9.17) is 6.42 Å². The number of fused-ring (bicyclic) bond motifs is 7. The molecule has 0 aromatic rings. The van der Waals surface area contributed by atoms with Crippen molar-refractivity contribution in [3.8, 4) is 18.4 Å². The number of nitriles is 1. The zero-order chi connectivity index (χ0) is 26.5. The highest BCUT2D eigenvalue weighted by Crippen LogP contribution is 2.72. The number of hydrogen-bond donors (Lipinski definition) is 1. The van der Waals surface area contributed by atoms with Crippen molar-refractivity contribution in [2.45, 2.75) is 78.7 Å². The van der Waals surface area contributed by atoms with E-state index in [0.717, 1.165) is 12.0 Å². The van der Waals surface area contributed by atoms with Gasteiger partial charge in [-0.1, -0.05) is 33.6 Å². The summed E-state index contributed by atoms with van der Waals surface area (Å²) >= 11 is 0. The Bertz CT molecular complexity index is 1230. The number of rotatable bonds is 1. The number of carboxylic acid groups (broad SMARTS) is 1. The van der Waals surface area contributed by atoms with Crippen LogP contribution >= 0.6 is 0 Å². The first kappa shape index (κ1) is 24.8. The van der Waals surface area contributed by atoms with Gasteiger partial charge in [-0.3, -0.25) is 14.4 Å². The molecule has 1 aliphatic heterocycles. The van der Waals surface area contributed by atoms with Crippen LogP contribution in [0, 0.1) is 62.6 Å². The molecule has 3 fully saturated rings. The van der Waals surface area contributed by atoms with Crippen LogP contribution in [0.1, 0.15) is 72.6 Å². The first-order valence-corrected chi connectivity index (χ1v) is 13.1.